The van der Waals surface area contributed by atoms with Crippen molar-refractivity contribution in [1.82, 2.24) is 9.80 Å². The molecule has 0 aliphatic heterocycles. The number of carbonyl (C=O) groups excluding carboxylic acids is 1. The van der Waals surface area contributed by atoms with Crippen LogP contribution in [0.5, 0.6) is 0 Å². The average Bonchev–Trinajstić information content (AvgIpc) is 2.13. The molecule has 0 aromatic rings. The maximum atomic E-state index is 12.4. The molecule has 0 aliphatic carbocycles. The topological polar surface area (TPSA) is 23.6 Å². The van der Waals surface area contributed by atoms with Gasteiger partial charge < -0.3 is 4.90 Å². The normalized spacial score (nSPS) is 13.3. The van der Waals surface area contributed by atoms with Gasteiger partial charge in [0.25, 0.3) is 0 Å². The van der Waals surface area contributed by atoms with Gasteiger partial charge in [-0.3, -0.25) is 9.69 Å². The second-order valence-electron chi connectivity index (χ2n) is 7.43. The highest BCUT2D eigenvalue weighted by atomic mass is 16.2. The van der Waals surface area contributed by atoms with E-state index >= 15 is 0 Å². The van der Waals surface area contributed by atoms with Gasteiger partial charge in [-0.05, 0) is 41.7 Å². The zero-order chi connectivity index (χ0) is 14.7. The Balaban J connectivity index is 4.63. The lowest BCUT2D eigenvalue weighted by molar-refractivity contribution is -0.141. The molecule has 0 saturated carbocycles. The maximum absolute atomic E-state index is 12.4. The van der Waals surface area contributed by atoms with Gasteiger partial charge in [-0.15, -0.1) is 0 Å². The minimum atomic E-state index is -0.301. The molecule has 0 bridgehead atoms. The lowest BCUT2D eigenvalue weighted by Gasteiger charge is -2.37. The Bertz CT molecular complexity index is 271. The van der Waals surface area contributed by atoms with E-state index in [4.69, 9.17) is 0 Å². The Morgan fingerprint density at radius 1 is 1.00 bits per heavy atom. The first-order valence-corrected chi connectivity index (χ1v) is 6.89. The van der Waals surface area contributed by atoms with Crippen LogP contribution in [0.4, 0.5) is 0 Å². The quantitative estimate of drug-likeness (QED) is 0.772. The van der Waals surface area contributed by atoms with E-state index in [1.165, 1.54) is 0 Å². The highest BCUT2D eigenvalue weighted by Gasteiger charge is 2.29. The number of hydrogen-bond acceptors (Lipinski definition) is 2. The second-order valence-corrected chi connectivity index (χ2v) is 7.43. The molecule has 0 unspecified atom stereocenters. The molecular formula is C15H32N2O. The van der Waals surface area contributed by atoms with E-state index in [9.17, 15) is 4.79 Å². The Labute approximate surface area is 114 Å². The number of nitrogens with zero attached hydrogens (tertiary/aromatic N) is 2. The van der Waals surface area contributed by atoms with Crippen LogP contribution in [0.15, 0.2) is 0 Å². The first-order valence-electron chi connectivity index (χ1n) is 6.89. The monoisotopic (exact) mass is 256 g/mol. The summed E-state index contributed by atoms with van der Waals surface area (Å²) < 4.78 is 0. The summed E-state index contributed by atoms with van der Waals surface area (Å²) in [6.45, 7) is 18.4. The molecule has 0 aromatic heterocycles. The first kappa shape index (κ1) is 17.4. The van der Waals surface area contributed by atoms with E-state index in [2.05, 4.69) is 46.6 Å². The van der Waals surface area contributed by atoms with Crippen molar-refractivity contribution >= 4 is 5.91 Å². The lowest BCUT2D eigenvalue weighted by atomic mass is 9.94. The van der Waals surface area contributed by atoms with Crippen LogP contribution >= 0.6 is 0 Å². The van der Waals surface area contributed by atoms with Crippen molar-refractivity contribution in [2.24, 2.45) is 5.41 Å². The summed E-state index contributed by atoms with van der Waals surface area (Å²) >= 11 is 0. The van der Waals surface area contributed by atoms with Crippen molar-refractivity contribution in [2.45, 2.75) is 67.0 Å². The van der Waals surface area contributed by atoms with Crippen LogP contribution in [0.25, 0.3) is 0 Å². The van der Waals surface area contributed by atoms with Crippen LogP contribution < -0.4 is 0 Å². The molecule has 0 aliphatic rings. The van der Waals surface area contributed by atoms with Gasteiger partial charge in [0.15, 0.2) is 0 Å². The average molecular weight is 256 g/mol. The standard InChI is InChI=1S/C15H32N2O/c1-12(2)17(13(18)14(3,4)5)11-10-16(9)15(6,7)8/h12H,10-11H2,1-9H3. The molecule has 0 N–H and O–H groups in total. The number of carbonyl (C=O) groups is 1. The van der Waals surface area contributed by atoms with Crippen LogP contribution in [0.3, 0.4) is 0 Å². The molecule has 0 atom stereocenters. The fourth-order valence-electron chi connectivity index (χ4n) is 1.62. The Morgan fingerprint density at radius 2 is 1.44 bits per heavy atom. The number of amides is 1. The first-order chi connectivity index (χ1) is 7.87. The van der Waals surface area contributed by atoms with Crippen molar-refractivity contribution < 1.29 is 4.79 Å². The molecule has 3 heteroatoms. The van der Waals surface area contributed by atoms with E-state index in [1.54, 1.807) is 0 Å². The van der Waals surface area contributed by atoms with Crippen molar-refractivity contribution in [1.29, 1.82) is 0 Å². The maximum Gasteiger partial charge on any atom is 0.228 e. The highest BCUT2D eigenvalue weighted by Crippen LogP contribution is 2.19. The number of rotatable bonds is 4. The predicted octanol–water partition coefficient (Wildman–Crippen LogP) is 3.00. The number of likely N-dealkylation sites (N-methyl/N-ethyl adjacent to an activating group) is 1. The van der Waals surface area contributed by atoms with Crippen molar-refractivity contribution in [3.8, 4) is 0 Å². The fourth-order valence-corrected chi connectivity index (χ4v) is 1.62. The van der Waals surface area contributed by atoms with Crippen LogP contribution in [0.1, 0.15) is 55.4 Å². The van der Waals surface area contributed by atoms with Gasteiger partial charge in [0, 0.05) is 30.1 Å². The zero-order valence-corrected chi connectivity index (χ0v) is 13.8. The van der Waals surface area contributed by atoms with E-state index in [1.807, 2.05) is 25.7 Å². The van der Waals surface area contributed by atoms with E-state index in [-0.39, 0.29) is 22.9 Å². The molecule has 1 amide bonds. The third-order valence-electron chi connectivity index (χ3n) is 3.35. The Kier molecular flexibility index (Phi) is 5.86. The fraction of sp³-hybridized carbons (Fsp3) is 0.933. The van der Waals surface area contributed by atoms with Crippen molar-refractivity contribution in [3.63, 3.8) is 0 Å². The van der Waals surface area contributed by atoms with Crippen LogP contribution in [-0.4, -0.2) is 47.4 Å². The van der Waals surface area contributed by atoms with Gasteiger partial charge in [-0.2, -0.15) is 0 Å². The molecule has 0 spiro atoms. The molecule has 108 valence electrons. The van der Waals surface area contributed by atoms with Crippen molar-refractivity contribution in [2.75, 3.05) is 20.1 Å². The predicted molar refractivity (Wildman–Crippen MR) is 78.7 cm³/mol. The van der Waals surface area contributed by atoms with Gasteiger partial charge in [0.2, 0.25) is 5.91 Å². The molecule has 0 aromatic carbocycles. The number of hydrogen-bond donors (Lipinski definition) is 0. The van der Waals surface area contributed by atoms with Crippen LogP contribution in [0.2, 0.25) is 0 Å². The largest absolute Gasteiger partial charge is 0.339 e. The molecule has 18 heavy (non-hydrogen) atoms. The minimum absolute atomic E-state index is 0.146. The molecule has 3 nitrogen and oxygen atoms in total. The molecule has 0 heterocycles. The molecule has 0 rings (SSSR count). The second kappa shape index (κ2) is 6.05. The van der Waals surface area contributed by atoms with Gasteiger partial charge >= 0.3 is 0 Å². The molecule has 0 radical (unpaired) electrons. The van der Waals surface area contributed by atoms with E-state index in [0.29, 0.717) is 0 Å². The van der Waals surface area contributed by atoms with Gasteiger partial charge in [0.05, 0.1) is 0 Å². The lowest BCUT2D eigenvalue weighted by Crippen LogP contribution is -2.49. The Morgan fingerprint density at radius 3 is 1.72 bits per heavy atom. The molecule has 0 saturated heterocycles. The van der Waals surface area contributed by atoms with E-state index < -0.39 is 0 Å². The summed E-state index contributed by atoms with van der Waals surface area (Å²) in [6.07, 6.45) is 0. The smallest absolute Gasteiger partial charge is 0.228 e. The molecular weight excluding hydrogens is 224 g/mol. The van der Waals surface area contributed by atoms with Gasteiger partial charge in [0.1, 0.15) is 0 Å². The summed E-state index contributed by atoms with van der Waals surface area (Å²) in [7, 11) is 2.11. The van der Waals surface area contributed by atoms with E-state index in [0.717, 1.165) is 13.1 Å². The third-order valence-corrected chi connectivity index (χ3v) is 3.35. The minimum Gasteiger partial charge on any atom is -0.339 e. The van der Waals surface area contributed by atoms with Gasteiger partial charge in [-0.1, -0.05) is 20.8 Å². The van der Waals surface area contributed by atoms with Crippen molar-refractivity contribution in [3.05, 3.63) is 0 Å². The third kappa shape index (κ3) is 5.38. The zero-order valence-electron chi connectivity index (χ0n) is 13.8. The highest BCUT2D eigenvalue weighted by molar-refractivity contribution is 5.81. The van der Waals surface area contributed by atoms with Crippen LogP contribution in [-0.2, 0) is 4.79 Å². The summed E-state index contributed by atoms with van der Waals surface area (Å²) in [5, 5.41) is 0. The molecule has 0 fully saturated rings. The van der Waals surface area contributed by atoms with Gasteiger partial charge in [-0.25, -0.2) is 0 Å². The Hall–Kier alpha value is -0.570. The summed E-state index contributed by atoms with van der Waals surface area (Å²) in [5.41, 5.74) is -0.155. The summed E-state index contributed by atoms with van der Waals surface area (Å²) in [4.78, 5) is 16.7. The SMILES string of the molecule is CC(C)N(CCN(C)C(C)(C)C)C(=O)C(C)(C)C. The summed E-state index contributed by atoms with van der Waals surface area (Å²) in [5.74, 6) is 0.236. The van der Waals surface area contributed by atoms with Crippen LogP contribution in [0, 0.1) is 5.41 Å². The summed E-state index contributed by atoms with van der Waals surface area (Å²) in [6, 6.07) is 0.255.